The predicted octanol–water partition coefficient (Wildman–Crippen LogP) is -0.0665. The number of hydrogen-bond acceptors (Lipinski definition) is 8. The largest absolute Gasteiger partial charge is 0.481 e. The first-order valence-electron chi connectivity index (χ1n) is 12.9. The van der Waals surface area contributed by atoms with Crippen LogP contribution in [0.3, 0.4) is 0 Å². The van der Waals surface area contributed by atoms with E-state index in [4.69, 9.17) is 16.6 Å². The van der Waals surface area contributed by atoms with Crippen LogP contribution < -0.4 is 27.4 Å². The van der Waals surface area contributed by atoms with Crippen LogP contribution in [-0.4, -0.2) is 87.6 Å². The van der Waals surface area contributed by atoms with Gasteiger partial charge in [0.25, 0.3) is 0 Å². The Hall–Kier alpha value is -3.62. The highest BCUT2D eigenvalue weighted by Crippen LogP contribution is 2.19. The second kappa shape index (κ2) is 16.5. The molecule has 220 valence electrons. The molecular weight excluding hydrogens is 540 g/mol. The van der Waals surface area contributed by atoms with E-state index in [1.165, 1.54) is 11.8 Å². The number of carbonyl (C=O) groups excluding carboxylic acids is 3. The van der Waals surface area contributed by atoms with Crippen molar-refractivity contribution in [2.24, 2.45) is 11.5 Å². The molecule has 3 amide bonds. The zero-order valence-electron chi connectivity index (χ0n) is 22.4. The Morgan fingerprint density at radius 2 is 1.57 bits per heavy atom. The molecule has 4 unspecified atom stereocenters. The van der Waals surface area contributed by atoms with Gasteiger partial charge in [-0.25, -0.2) is 4.79 Å². The molecule has 10 N–H and O–H groups in total. The summed E-state index contributed by atoms with van der Waals surface area (Å²) in [6.45, 7) is 0.370. The Morgan fingerprint density at radius 1 is 0.925 bits per heavy atom. The summed E-state index contributed by atoms with van der Waals surface area (Å²) in [6, 6.07) is 2.53. The number of benzene rings is 1. The van der Waals surface area contributed by atoms with Crippen LogP contribution in [0, 0.1) is 0 Å². The topological polar surface area (TPSA) is 230 Å². The average molecular weight is 579 g/mol. The predicted molar refractivity (Wildman–Crippen MR) is 152 cm³/mol. The quantitative estimate of drug-likeness (QED) is 0.110. The summed E-state index contributed by atoms with van der Waals surface area (Å²) in [5.74, 6) is -4.16. The number of aromatic nitrogens is 1. The molecule has 0 saturated carbocycles. The second-order valence-corrected chi connectivity index (χ2v) is 10.3. The van der Waals surface area contributed by atoms with Gasteiger partial charge in [0.15, 0.2) is 0 Å². The Balaban J connectivity index is 2.29. The molecule has 1 aromatic heterocycles. The number of hydrogen-bond donors (Lipinski definition) is 8. The van der Waals surface area contributed by atoms with E-state index < -0.39 is 60.2 Å². The maximum atomic E-state index is 13.5. The first-order chi connectivity index (χ1) is 19.1. The Kier molecular flexibility index (Phi) is 13.4. The lowest BCUT2D eigenvalue weighted by molar-refractivity contribution is -0.142. The zero-order chi connectivity index (χ0) is 29.7. The Bertz CT molecular complexity index is 1170. The fourth-order valence-corrected chi connectivity index (χ4v) is 4.56. The summed E-state index contributed by atoms with van der Waals surface area (Å²) in [5.41, 5.74) is 12.8. The minimum absolute atomic E-state index is 0.0178. The number of unbranched alkanes of at least 4 members (excludes halogenated alkanes) is 1. The third-order valence-electron chi connectivity index (χ3n) is 6.27. The van der Waals surface area contributed by atoms with Crippen molar-refractivity contribution in [1.29, 1.82) is 0 Å². The lowest BCUT2D eigenvalue weighted by atomic mass is 10.0. The summed E-state index contributed by atoms with van der Waals surface area (Å²) in [6.07, 6.45) is 4.36. The van der Waals surface area contributed by atoms with Crippen LogP contribution in [-0.2, 0) is 30.4 Å². The van der Waals surface area contributed by atoms with Crippen LogP contribution in [0.2, 0.25) is 0 Å². The maximum Gasteiger partial charge on any atom is 0.326 e. The highest BCUT2D eigenvalue weighted by atomic mass is 32.2. The van der Waals surface area contributed by atoms with Crippen LogP contribution >= 0.6 is 11.8 Å². The van der Waals surface area contributed by atoms with Crippen molar-refractivity contribution in [2.45, 2.75) is 62.7 Å². The Labute approximate surface area is 236 Å². The first-order valence-corrected chi connectivity index (χ1v) is 14.3. The number of carboxylic acid groups (broad SMARTS) is 2. The molecule has 0 bridgehead atoms. The van der Waals surface area contributed by atoms with Gasteiger partial charge >= 0.3 is 11.9 Å². The van der Waals surface area contributed by atoms with E-state index >= 15 is 0 Å². The van der Waals surface area contributed by atoms with Crippen molar-refractivity contribution >= 4 is 52.3 Å². The molecule has 1 aromatic carbocycles. The van der Waals surface area contributed by atoms with E-state index in [1.807, 2.05) is 30.5 Å². The first kappa shape index (κ1) is 32.6. The smallest absolute Gasteiger partial charge is 0.326 e. The van der Waals surface area contributed by atoms with Gasteiger partial charge in [-0.3, -0.25) is 19.2 Å². The van der Waals surface area contributed by atoms with E-state index in [0.717, 1.165) is 10.9 Å². The van der Waals surface area contributed by atoms with Gasteiger partial charge in [-0.2, -0.15) is 11.8 Å². The van der Waals surface area contributed by atoms with Gasteiger partial charge in [-0.1, -0.05) is 18.2 Å². The SMILES string of the molecule is CSCCC(NC(=O)C(CCCCN)NC(=O)C(Cc1c[nH]c2ccccc12)NC(=O)C(N)CC(=O)O)C(=O)O. The molecule has 4 atom stereocenters. The number of aliphatic carboxylic acids is 2. The van der Waals surface area contributed by atoms with Crippen LogP contribution in [0.4, 0.5) is 0 Å². The molecule has 0 aliphatic heterocycles. The molecule has 13 nitrogen and oxygen atoms in total. The molecule has 0 aliphatic rings. The highest BCUT2D eigenvalue weighted by Gasteiger charge is 2.31. The number of thioether (sulfide) groups is 1. The van der Waals surface area contributed by atoms with Gasteiger partial charge < -0.3 is 42.6 Å². The monoisotopic (exact) mass is 578 g/mol. The highest BCUT2D eigenvalue weighted by molar-refractivity contribution is 7.98. The van der Waals surface area contributed by atoms with Crippen LogP contribution in [0.1, 0.15) is 37.7 Å². The zero-order valence-corrected chi connectivity index (χ0v) is 23.2. The van der Waals surface area contributed by atoms with Crippen molar-refractivity contribution in [3.05, 3.63) is 36.0 Å². The Morgan fingerprint density at radius 3 is 2.23 bits per heavy atom. The van der Waals surface area contributed by atoms with Crippen LogP contribution in [0.25, 0.3) is 10.9 Å². The lowest BCUT2D eigenvalue weighted by Gasteiger charge is -2.25. The number of carboxylic acids is 2. The number of para-hydroxylation sites is 1. The van der Waals surface area contributed by atoms with Gasteiger partial charge in [0.1, 0.15) is 18.1 Å². The van der Waals surface area contributed by atoms with Gasteiger partial charge in [-0.05, 0) is 55.9 Å². The van der Waals surface area contributed by atoms with E-state index in [9.17, 15) is 29.1 Å². The summed E-state index contributed by atoms with van der Waals surface area (Å²) in [4.78, 5) is 65.1. The number of nitrogens with two attached hydrogens (primary N) is 2. The molecule has 0 fully saturated rings. The van der Waals surface area contributed by atoms with Gasteiger partial charge in [0.05, 0.1) is 12.5 Å². The molecule has 40 heavy (non-hydrogen) atoms. The molecule has 14 heteroatoms. The molecule has 2 rings (SSSR count). The molecule has 0 saturated heterocycles. The van der Waals surface area contributed by atoms with Gasteiger partial charge in [0, 0.05) is 23.5 Å². The van der Waals surface area contributed by atoms with Crippen LogP contribution in [0.15, 0.2) is 30.5 Å². The summed E-state index contributed by atoms with van der Waals surface area (Å²) in [7, 11) is 0. The number of carbonyl (C=O) groups is 5. The summed E-state index contributed by atoms with van der Waals surface area (Å²) < 4.78 is 0. The third kappa shape index (κ3) is 10.2. The van der Waals surface area contributed by atoms with Gasteiger partial charge in [0.2, 0.25) is 17.7 Å². The molecule has 1 heterocycles. The van der Waals surface area contributed by atoms with Gasteiger partial charge in [-0.15, -0.1) is 0 Å². The summed E-state index contributed by atoms with van der Waals surface area (Å²) in [5, 5.41) is 27.0. The number of nitrogens with one attached hydrogen (secondary N) is 4. The van der Waals surface area contributed by atoms with Crippen molar-refractivity contribution in [3.63, 3.8) is 0 Å². The van der Waals surface area contributed by atoms with Crippen molar-refractivity contribution in [1.82, 2.24) is 20.9 Å². The minimum atomic E-state index is -1.40. The molecular formula is C26H38N6O7S. The number of rotatable bonds is 18. The molecule has 2 aromatic rings. The molecule has 0 radical (unpaired) electrons. The van der Waals surface area contributed by atoms with E-state index in [0.29, 0.717) is 30.7 Å². The number of H-pyrrole nitrogens is 1. The van der Waals surface area contributed by atoms with E-state index in [-0.39, 0.29) is 19.3 Å². The van der Waals surface area contributed by atoms with Crippen molar-refractivity contribution < 1.29 is 34.2 Å². The van der Waals surface area contributed by atoms with Crippen LogP contribution in [0.5, 0.6) is 0 Å². The van der Waals surface area contributed by atoms with E-state index in [1.54, 1.807) is 6.20 Å². The third-order valence-corrected chi connectivity index (χ3v) is 6.91. The maximum absolute atomic E-state index is 13.5. The number of fused-ring (bicyclic) bond motifs is 1. The molecule has 0 spiro atoms. The van der Waals surface area contributed by atoms with Crippen molar-refractivity contribution in [2.75, 3.05) is 18.6 Å². The van der Waals surface area contributed by atoms with Crippen molar-refractivity contribution in [3.8, 4) is 0 Å². The second-order valence-electron chi connectivity index (χ2n) is 9.36. The normalized spacial score (nSPS) is 14.1. The number of aromatic amines is 1. The summed E-state index contributed by atoms with van der Waals surface area (Å²) >= 11 is 1.44. The minimum Gasteiger partial charge on any atom is -0.481 e. The average Bonchev–Trinajstić information content (AvgIpc) is 3.32. The fraction of sp³-hybridized carbons (Fsp3) is 0.500. The fourth-order valence-electron chi connectivity index (χ4n) is 4.09. The standard InChI is InChI=1S/C26H38N6O7S/c1-40-11-9-20(26(38)39)31-24(36)19(8-4-5-10-27)30-25(37)21(32-23(35)17(28)13-22(33)34)12-15-14-29-18-7-3-2-6-16(15)18/h2-3,6-7,14,17,19-21,29H,4-5,8-13,27-28H2,1H3,(H,30,37)(H,31,36)(H,32,35)(H,33,34)(H,38,39). The van der Waals surface area contributed by atoms with E-state index in [2.05, 4.69) is 20.9 Å². The lowest BCUT2D eigenvalue weighted by Crippen LogP contribution is -2.57. The molecule has 0 aliphatic carbocycles. The number of amides is 3.